The zero-order valence-corrected chi connectivity index (χ0v) is 10.2. The first-order chi connectivity index (χ1) is 9.08. The summed E-state index contributed by atoms with van der Waals surface area (Å²) in [5.41, 5.74) is 1.02. The fraction of sp³-hybridized carbons (Fsp3) is 0.154. The summed E-state index contributed by atoms with van der Waals surface area (Å²) in [7, 11) is 0. The lowest BCUT2D eigenvalue weighted by atomic mass is 10.2. The van der Waals surface area contributed by atoms with Gasteiger partial charge in [-0.15, -0.1) is 0 Å². The van der Waals surface area contributed by atoms with Gasteiger partial charge in [-0.05, 0) is 25.1 Å². The molecule has 1 N–H and O–H groups in total. The third kappa shape index (κ3) is 3.04. The smallest absolute Gasteiger partial charge is 0.292 e. The molecule has 98 valence electrons. The molecule has 1 atom stereocenters. The molecule has 1 aromatic carbocycles. The lowest BCUT2D eigenvalue weighted by Crippen LogP contribution is -2.09. The fourth-order valence-electron chi connectivity index (χ4n) is 1.71. The van der Waals surface area contributed by atoms with Gasteiger partial charge in [-0.25, -0.2) is 4.39 Å². The number of halogens is 1. The summed E-state index contributed by atoms with van der Waals surface area (Å²) in [6.45, 7) is 1.80. The van der Waals surface area contributed by atoms with Gasteiger partial charge in [0.25, 0.3) is 5.69 Å². The van der Waals surface area contributed by atoms with E-state index in [1.165, 1.54) is 12.1 Å². The Morgan fingerprint density at radius 1 is 1.32 bits per heavy atom. The Bertz CT molecular complexity index is 587. The topological polar surface area (TPSA) is 68.1 Å². The number of rotatable bonds is 4. The van der Waals surface area contributed by atoms with Gasteiger partial charge in [0.15, 0.2) is 0 Å². The second-order valence-corrected chi connectivity index (χ2v) is 4.04. The zero-order chi connectivity index (χ0) is 13.8. The molecule has 0 spiro atoms. The van der Waals surface area contributed by atoms with E-state index in [1.807, 2.05) is 0 Å². The summed E-state index contributed by atoms with van der Waals surface area (Å²) in [4.78, 5) is 14.4. The molecule has 1 aromatic heterocycles. The maximum Gasteiger partial charge on any atom is 0.292 e. The van der Waals surface area contributed by atoms with Gasteiger partial charge in [-0.1, -0.05) is 12.1 Å². The van der Waals surface area contributed by atoms with E-state index in [-0.39, 0.29) is 11.7 Å². The molecule has 0 saturated heterocycles. The van der Waals surface area contributed by atoms with Crippen molar-refractivity contribution in [1.29, 1.82) is 0 Å². The third-order valence-electron chi connectivity index (χ3n) is 2.67. The largest absolute Gasteiger partial charge is 0.371 e. The van der Waals surface area contributed by atoms with E-state index in [0.29, 0.717) is 11.4 Å². The Kier molecular flexibility index (Phi) is 3.70. The van der Waals surface area contributed by atoms with Crippen molar-refractivity contribution in [1.82, 2.24) is 4.98 Å². The van der Waals surface area contributed by atoms with Crippen LogP contribution < -0.4 is 5.32 Å². The molecule has 6 heteroatoms. The fourth-order valence-corrected chi connectivity index (χ4v) is 1.71. The van der Waals surface area contributed by atoms with Crippen molar-refractivity contribution in [2.75, 3.05) is 5.32 Å². The lowest BCUT2D eigenvalue weighted by molar-refractivity contribution is -0.384. The second kappa shape index (κ2) is 5.43. The normalized spacial score (nSPS) is 11.9. The average Bonchev–Trinajstić information content (AvgIpc) is 2.39. The SMILES string of the molecule is CC(Nc1ccccc1[N+](=O)[O-])c1ccc(F)cn1. The second-order valence-electron chi connectivity index (χ2n) is 4.04. The number of benzene rings is 1. The number of para-hydroxylation sites is 2. The molecule has 0 aliphatic heterocycles. The summed E-state index contributed by atoms with van der Waals surface area (Å²) in [6, 6.07) is 8.94. The molecular weight excluding hydrogens is 249 g/mol. The van der Waals surface area contributed by atoms with Crippen LogP contribution in [-0.4, -0.2) is 9.91 Å². The van der Waals surface area contributed by atoms with Crippen LogP contribution in [0.3, 0.4) is 0 Å². The van der Waals surface area contributed by atoms with Crippen molar-refractivity contribution in [2.45, 2.75) is 13.0 Å². The maximum atomic E-state index is 12.8. The molecular formula is C13H12FN3O2. The van der Waals surface area contributed by atoms with Crippen LogP contribution in [-0.2, 0) is 0 Å². The third-order valence-corrected chi connectivity index (χ3v) is 2.67. The number of hydrogen-bond donors (Lipinski definition) is 1. The van der Waals surface area contributed by atoms with Gasteiger partial charge in [0, 0.05) is 6.07 Å². The number of nitro groups is 1. The van der Waals surface area contributed by atoms with Gasteiger partial charge < -0.3 is 5.32 Å². The average molecular weight is 261 g/mol. The van der Waals surface area contributed by atoms with E-state index in [4.69, 9.17) is 0 Å². The zero-order valence-electron chi connectivity index (χ0n) is 10.2. The molecule has 0 bridgehead atoms. The highest BCUT2D eigenvalue weighted by atomic mass is 19.1. The highest BCUT2D eigenvalue weighted by Gasteiger charge is 2.15. The van der Waals surface area contributed by atoms with Gasteiger partial charge in [-0.2, -0.15) is 0 Å². The van der Waals surface area contributed by atoms with Crippen LogP contribution in [0, 0.1) is 15.9 Å². The highest BCUT2D eigenvalue weighted by Crippen LogP contribution is 2.27. The van der Waals surface area contributed by atoms with Gasteiger partial charge in [0.2, 0.25) is 0 Å². The van der Waals surface area contributed by atoms with E-state index < -0.39 is 10.7 Å². The predicted molar refractivity (Wildman–Crippen MR) is 69.3 cm³/mol. The molecule has 0 fully saturated rings. The standard InChI is InChI=1S/C13H12FN3O2/c1-9(11-7-6-10(14)8-15-11)16-12-4-2-3-5-13(12)17(18)19/h2-9,16H,1H3. The first kappa shape index (κ1) is 12.9. The summed E-state index contributed by atoms with van der Waals surface area (Å²) in [6.07, 6.45) is 1.12. The highest BCUT2D eigenvalue weighted by molar-refractivity contribution is 5.61. The first-order valence-corrected chi connectivity index (χ1v) is 5.69. The number of nitro benzene ring substituents is 1. The van der Waals surface area contributed by atoms with Crippen molar-refractivity contribution < 1.29 is 9.31 Å². The predicted octanol–water partition coefficient (Wildman–Crippen LogP) is 3.30. The van der Waals surface area contributed by atoms with Crippen molar-refractivity contribution >= 4 is 11.4 Å². The van der Waals surface area contributed by atoms with Gasteiger partial charge in [0.05, 0.1) is 22.9 Å². The van der Waals surface area contributed by atoms with Crippen LogP contribution in [0.2, 0.25) is 0 Å². The molecule has 2 rings (SSSR count). The molecule has 0 radical (unpaired) electrons. The maximum absolute atomic E-state index is 12.8. The van der Waals surface area contributed by atoms with Crippen LogP contribution in [0.1, 0.15) is 18.7 Å². The van der Waals surface area contributed by atoms with Crippen LogP contribution in [0.25, 0.3) is 0 Å². The van der Waals surface area contributed by atoms with Crippen molar-refractivity contribution in [3.63, 3.8) is 0 Å². The minimum atomic E-state index is -0.451. The minimum Gasteiger partial charge on any atom is -0.371 e. The molecule has 0 aliphatic rings. The number of hydrogen-bond acceptors (Lipinski definition) is 4. The van der Waals surface area contributed by atoms with Crippen LogP contribution in [0.15, 0.2) is 42.6 Å². The van der Waals surface area contributed by atoms with Crippen molar-refractivity contribution in [3.05, 3.63) is 64.2 Å². The number of pyridine rings is 1. The van der Waals surface area contributed by atoms with E-state index >= 15 is 0 Å². The Morgan fingerprint density at radius 2 is 2.05 bits per heavy atom. The monoisotopic (exact) mass is 261 g/mol. The quantitative estimate of drug-likeness (QED) is 0.677. The number of anilines is 1. The Balaban J connectivity index is 2.21. The van der Waals surface area contributed by atoms with Crippen molar-refractivity contribution in [3.8, 4) is 0 Å². The van der Waals surface area contributed by atoms with Gasteiger partial charge >= 0.3 is 0 Å². The van der Waals surface area contributed by atoms with E-state index in [2.05, 4.69) is 10.3 Å². The first-order valence-electron chi connectivity index (χ1n) is 5.69. The Morgan fingerprint density at radius 3 is 2.68 bits per heavy atom. The number of nitrogens with one attached hydrogen (secondary N) is 1. The van der Waals surface area contributed by atoms with E-state index in [9.17, 15) is 14.5 Å². The molecule has 5 nitrogen and oxygen atoms in total. The number of aromatic nitrogens is 1. The van der Waals surface area contributed by atoms with Crippen LogP contribution >= 0.6 is 0 Å². The lowest BCUT2D eigenvalue weighted by Gasteiger charge is -2.14. The minimum absolute atomic E-state index is 0.00328. The number of nitrogens with zero attached hydrogens (tertiary/aromatic N) is 2. The molecule has 1 heterocycles. The summed E-state index contributed by atoms with van der Waals surface area (Å²) >= 11 is 0. The van der Waals surface area contributed by atoms with Crippen molar-refractivity contribution in [2.24, 2.45) is 0 Å². The summed E-state index contributed by atoms with van der Waals surface area (Å²) in [5, 5.41) is 13.9. The van der Waals surface area contributed by atoms with Crippen LogP contribution in [0.4, 0.5) is 15.8 Å². The molecule has 1 unspecified atom stereocenters. The van der Waals surface area contributed by atoms with E-state index in [1.54, 1.807) is 31.2 Å². The summed E-state index contributed by atoms with van der Waals surface area (Å²) < 4.78 is 12.8. The molecule has 0 saturated carbocycles. The molecule has 0 aliphatic carbocycles. The van der Waals surface area contributed by atoms with Gasteiger partial charge in [-0.3, -0.25) is 15.1 Å². The van der Waals surface area contributed by atoms with E-state index in [0.717, 1.165) is 6.20 Å². The summed E-state index contributed by atoms with van der Waals surface area (Å²) in [5.74, 6) is -0.415. The van der Waals surface area contributed by atoms with Crippen LogP contribution in [0.5, 0.6) is 0 Å². The Labute approximate surface area is 109 Å². The van der Waals surface area contributed by atoms with Gasteiger partial charge in [0.1, 0.15) is 11.5 Å². The molecule has 2 aromatic rings. The Hall–Kier alpha value is -2.50. The molecule has 19 heavy (non-hydrogen) atoms. The molecule has 0 amide bonds.